The van der Waals surface area contributed by atoms with Crippen LogP contribution in [0.2, 0.25) is 0 Å². The number of aliphatic hydroxyl groups is 1. The number of rotatable bonds is 4. The minimum atomic E-state index is -1.15. The van der Waals surface area contributed by atoms with Gasteiger partial charge in [-0.1, -0.05) is 0 Å². The topological polar surface area (TPSA) is 90.6 Å². The zero-order chi connectivity index (χ0) is 13.0. The smallest absolute Gasteiger partial charge is 0.358 e. The Bertz CT molecular complexity index is 426. The highest BCUT2D eigenvalue weighted by atomic mass is 16.5. The fourth-order valence-electron chi connectivity index (χ4n) is 1.36. The molecule has 1 heterocycles. The molecule has 1 atom stereocenters. The highest BCUT2D eigenvalue weighted by molar-refractivity contribution is 5.89. The first kappa shape index (κ1) is 13.2. The molecular weight excluding hydrogens is 228 g/mol. The second-order valence-corrected chi connectivity index (χ2v) is 3.39. The van der Waals surface area contributed by atoms with Gasteiger partial charge in [-0.15, -0.1) is 0 Å². The standard InChI is InChI=1S/C10H14N2O5/c1-12-5-6(7(13)4-8(14)16-2)9(11-12)10(15)17-3/h5,7,13H,4H2,1-3H3. The fraction of sp³-hybridized carbons (Fsp3) is 0.500. The van der Waals surface area contributed by atoms with Crippen molar-refractivity contribution in [1.29, 1.82) is 0 Å². The van der Waals surface area contributed by atoms with Crippen LogP contribution in [0.25, 0.3) is 0 Å². The molecule has 0 aliphatic heterocycles. The van der Waals surface area contributed by atoms with Crippen LogP contribution in [0, 0.1) is 0 Å². The van der Waals surface area contributed by atoms with E-state index in [0.29, 0.717) is 0 Å². The summed E-state index contributed by atoms with van der Waals surface area (Å²) in [5, 5.41) is 13.7. The maximum atomic E-state index is 11.4. The van der Waals surface area contributed by atoms with E-state index in [9.17, 15) is 14.7 Å². The van der Waals surface area contributed by atoms with E-state index < -0.39 is 18.0 Å². The molecule has 1 N–H and O–H groups in total. The van der Waals surface area contributed by atoms with Gasteiger partial charge in [-0.3, -0.25) is 9.48 Å². The molecule has 1 aromatic heterocycles. The molecule has 17 heavy (non-hydrogen) atoms. The van der Waals surface area contributed by atoms with Gasteiger partial charge in [0, 0.05) is 18.8 Å². The van der Waals surface area contributed by atoms with E-state index >= 15 is 0 Å². The van der Waals surface area contributed by atoms with Crippen LogP contribution in [0.3, 0.4) is 0 Å². The highest BCUT2D eigenvalue weighted by Gasteiger charge is 2.24. The molecule has 0 aliphatic carbocycles. The third-order valence-electron chi connectivity index (χ3n) is 2.18. The van der Waals surface area contributed by atoms with E-state index in [-0.39, 0.29) is 17.7 Å². The van der Waals surface area contributed by atoms with Gasteiger partial charge >= 0.3 is 11.9 Å². The van der Waals surface area contributed by atoms with Crippen molar-refractivity contribution in [2.24, 2.45) is 7.05 Å². The molecule has 7 heteroatoms. The Hall–Kier alpha value is -1.89. The van der Waals surface area contributed by atoms with Gasteiger partial charge in [0.05, 0.1) is 26.7 Å². The molecule has 1 aromatic rings. The lowest BCUT2D eigenvalue weighted by molar-refractivity contribution is -0.142. The molecule has 0 spiro atoms. The quantitative estimate of drug-likeness (QED) is 0.735. The molecule has 0 saturated carbocycles. The Labute approximate surface area is 97.9 Å². The largest absolute Gasteiger partial charge is 0.469 e. The minimum absolute atomic E-state index is 0.00796. The van der Waals surface area contributed by atoms with Gasteiger partial charge in [0.25, 0.3) is 0 Å². The van der Waals surface area contributed by atoms with Crippen LogP contribution in [0.4, 0.5) is 0 Å². The summed E-state index contributed by atoms with van der Waals surface area (Å²) in [6, 6.07) is 0. The van der Waals surface area contributed by atoms with Gasteiger partial charge in [0.2, 0.25) is 0 Å². The molecule has 0 radical (unpaired) electrons. The van der Waals surface area contributed by atoms with Gasteiger partial charge in [-0.05, 0) is 0 Å². The van der Waals surface area contributed by atoms with E-state index in [1.807, 2.05) is 0 Å². The summed E-state index contributed by atoms with van der Waals surface area (Å²) >= 11 is 0. The van der Waals surface area contributed by atoms with Crippen molar-refractivity contribution >= 4 is 11.9 Å². The van der Waals surface area contributed by atoms with Crippen LogP contribution in [0.1, 0.15) is 28.6 Å². The Kier molecular flexibility index (Phi) is 4.22. The number of carbonyl (C=O) groups excluding carboxylic acids is 2. The molecule has 0 fully saturated rings. The Morgan fingerprint density at radius 3 is 2.65 bits per heavy atom. The minimum Gasteiger partial charge on any atom is -0.469 e. The molecule has 0 bridgehead atoms. The van der Waals surface area contributed by atoms with Gasteiger partial charge in [0.15, 0.2) is 5.69 Å². The van der Waals surface area contributed by atoms with Gasteiger partial charge in [-0.2, -0.15) is 5.10 Å². The highest BCUT2D eigenvalue weighted by Crippen LogP contribution is 2.21. The second-order valence-electron chi connectivity index (χ2n) is 3.39. The molecule has 0 saturated heterocycles. The number of methoxy groups -OCH3 is 2. The van der Waals surface area contributed by atoms with Gasteiger partial charge < -0.3 is 14.6 Å². The number of esters is 2. The number of aromatic nitrogens is 2. The van der Waals surface area contributed by atoms with Crippen molar-refractivity contribution in [2.45, 2.75) is 12.5 Å². The first-order valence-corrected chi connectivity index (χ1v) is 4.86. The number of hydrogen-bond acceptors (Lipinski definition) is 6. The lowest BCUT2D eigenvalue weighted by Crippen LogP contribution is -2.12. The molecular formula is C10H14N2O5. The van der Waals surface area contributed by atoms with Crippen molar-refractivity contribution in [1.82, 2.24) is 9.78 Å². The lowest BCUT2D eigenvalue weighted by atomic mass is 10.1. The van der Waals surface area contributed by atoms with Crippen LogP contribution < -0.4 is 0 Å². The predicted molar refractivity (Wildman–Crippen MR) is 56.1 cm³/mol. The number of ether oxygens (including phenoxy) is 2. The Balaban J connectivity index is 2.96. The molecule has 0 aliphatic rings. The van der Waals surface area contributed by atoms with E-state index in [1.165, 1.54) is 25.1 Å². The van der Waals surface area contributed by atoms with E-state index in [1.54, 1.807) is 7.05 Å². The van der Waals surface area contributed by atoms with Crippen LogP contribution in [-0.4, -0.2) is 41.0 Å². The van der Waals surface area contributed by atoms with Crippen molar-refractivity contribution in [3.05, 3.63) is 17.5 Å². The normalized spacial score (nSPS) is 12.0. The van der Waals surface area contributed by atoms with Gasteiger partial charge in [0.1, 0.15) is 0 Å². The summed E-state index contributed by atoms with van der Waals surface area (Å²) in [4.78, 5) is 22.4. The summed E-state index contributed by atoms with van der Waals surface area (Å²) in [6.07, 6.45) is 0.0664. The summed E-state index contributed by atoms with van der Waals surface area (Å²) in [6.45, 7) is 0. The summed E-state index contributed by atoms with van der Waals surface area (Å²) in [5.74, 6) is -1.23. The number of aliphatic hydroxyl groups excluding tert-OH is 1. The predicted octanol–water partition coefficient (Wildman–Crippen LogP) is -0.197. The summed E-state index contributed by atoms with van der Waals surface area (Å²) in [7, 11) is 4.04. The maximum absolute atomic E-state index is 11.4. The zero-order valence-electron chi connectivity index (χ0n) is 9.84. The second kappa shape index (κ2) is 5.44. The summed E-state index contributed by atoms with van der Waals surface area (Å²) < 4.78 is 10.3. The van der Waals surface area contributed by atoms with E-state index in [2.05, 4.69) is 14.6 Å². The third-order valence-corrected chi connectivity index (χ3v) is 2.18. The molecule has 0 amide bonds. The Morgan fingerprint density at radius 2 is 2.12 bits per heavy atom. The van der Waals surface area contributed by atoms with E-state index in [0.717, 1.165) is 0 Å². The fourth-order valence-corrected chi connectivity index (χ4v) is 1.36. The monoisotopic (exact) mass is 242 g/mol. The lowest BCUT2D eigenvalue weighted by Gasteiger charge is -2.08. The summed E-state index contributed by atoms with van der Waals surface area (Å²) in [5.41, 5.74) is 0.233. The number of nitrogens with zero attached hydrogens (tertiary/aromatic N) is 2. The van der Waals surface area contributed by atoms with Crippen LogP contribution in [-0.2, 0) is 21.3 Å². The van der Waals surface area contributed by atoms with Crippen LogP contribution >= 0.6 is 0 Å². The van der Waals surface area contributed by atoms with Crippen LogP contribution in [0.5, 0.6) is 0 Å². The molecule has 1 rings (SSSR count). The van der Waals surface area contributed by atoms with Crippen LogP contribution in [0.15, 0.2) is 6.20 Å². The zero-order valence-corrected chi connectivity index (χ0v) is 9.84. The number of hydrogen-bond donors (Lipinski definition) is 1. The van der Waals surface area contributed by atoms with Crippen molar-refractivity contribution < 1.29 is 24.2 Å². The third kappa shape index (κ3) is 3.04. The van der Waals surface area contributed by atoms with E-state index in [4.69, 9.17) is 0 Å². The average molecular weight is 242 g/mol. The first-order valence-electron chi connectivity index (χ1n) is 4.86. The maximum Gasteiger partial charge on any atom is 0.358 e. The van der Waals surface area contributed by atoms with Gasteiger partial charge in [-0.25, -0.2) is 4.79 Å². The first-order chi connectivity index (χ1) is 7.99. The van der Waals surface area contributed by atoms with Crippen molar-refractivity contribution in [2.75, 3.05) is 14.2 Å². The SMILES string of the molecule is COC(=O)CC(O)c1cn(C)nc1C(=O)OC. The average Bonchev–Trinajstić information content (AvgIpc) is 2.70. The Morgan fingerprint density at radius 1 is 1.47 bits per heavy atom. The number of aryl methyl sites for hydroxylation is 1. The number of carbonyl (C=O) groups is 2. The molecule has 7 nitrogen and oxygen atoms in total. The van der Waals surface area contributed by atoms with Crippen molar-refractivity contribution in [3.8, 4) is 0 Å². The molecule has 0 aromatic carbocycles. The molecule has 94 valence electrons. The van der Waals surface area contributed by atoms with Crippen molar-refractivity contribution in [3.63, 3.8) is 0 Å². The molecule has 1 unspecified atom stereocenters.